The van der Waals surface area contributed by atoms with Gasteiger partial charge in [0.15, 0.2) is 0 Å². The molecule has 0 fully saturated rings. The van der Waals surface area contributed by atoms with E-state index in [0.29, 0.717) is 33.2 Å². The van der Waals surface area contributed by atoms with Crippen molar-refractivity contribution < 1.29 is 8.83 Å². The van der Waals surface area contributed by atoms with Crippen LogP contribution in [0.15, 0.2) is 115 Å². The van der Waals surface area contributed by atoms with E-state index in [1.54, 1.807) is 36.4 Å². The molecule has 0 aliphatic carbocycles. The average Bonchev–Trinajstić information content (AvgIpc) is 3.60. The van der Waals surface area contributed by atoms with Gasteiger partial charge in [-0.2, -0.15) is 0 Å². The summed E-state index contributed by atoms with van der Waals surface area (Å²) in [7, 11) is 0. The smallest absolute Gasteiger partial charge is 0.347 e. The lowest BCUT2D eigenvalue weighted by atomic mass is 9.88. The quantitative estimate of drug-likeness (QED) is 0.241. The molecule has 0 atom stereocenters. The molecule has 8 aromatic rings. The highest BCUT2D eigenvalue weighted by atomic mass is 16.4. The number of nitrogens with zero attached hydrogens (tertiary/aromatic N) is 2. The Balaban J connectivity index is 1.41. The van der Waals surface area contributed by atoms with Crippen molar-refractivity contribution in [2.24, 2.45) is 0 Å². The predicted octanol–water partition coefficient (Wildman–Crippen LogP) is 7.14. The monoisotopic (exact) mass is 550 g/mol. The molecule has 8 nitrogen and oxygen atoms in total. The second-order valence-electron chi connectivity index (χ2n) is 10.3. The van der Waals surface area contributed by atoms with Gasteiger partial charge in [-0.05, 0) is 47.5 Å². The van der Waals surface area contributed by atoms with Crippen LogP contribution in [0.3, 0.4) is 0 Å². The van der Waals surface area contributed by atoms with Crippen LogP contribution in [0.5, 0.6) is 0 Å². The highest BCUT2D eigenvalue weighted by Gasteiger charge is 2.28. The average molecular weight is 551 g/mol. The zero-order chi connectivity index (χ0) is 28.4. The van der Waals surface area contributed by atoms with Crippen molar-refractivity contribution >= 4 is 43.6 Å². The van der Waals surface area contributed by atoms with Crippen LogP contribution in [-0.2, 0) is 0 Å². The van der Waals surface area contributed by atoms with Gasteiger partial charge in [0.2, 0.25) is 11.8 Å². The molecule has 0 saturated heterocycles. The third-order valence-electron chi connectivity index (χ3n) is 7.86. The van der Waals surface area contributed by atoms with Crippen LogP contribution in [0.4, 0.5) is 0 Å². The number of rotatable bonds is 4. The molecule has 8 heteroatoms. The summed E-state index contributed by atoms with van der Waals surface area (Å²) >= 11 is 0. The Bertz CT molecular complexity index is 2280. The molecule has 0 aliphatic heterocycles. The topological polar surface area (TPSA) is 118 Å². The van der Waals surface area contributed by atoms with Crippen LogP contribution < -0.4 is 11.3 Å². The molecule has 0 amide bonds. The molecule has 0 unspecified atom stereocenters. The van der Waals surface area contributed by atoms with E-state index in [2.05, 4.69) is 16.9 Å². The third-order valence-corrected chi connectivity index (χ3v) is 7.86. The molecule has 8 rings (SSSR count). The van der Waals surface area contributed by atoms with Gasteiger partial charge < -0.3 is 18.8 Å². The molecular formula is C34H22N4O4. The van der Waals surface area contributed by atoms with Crippen molar-refractivity contribution in [1.29, 1.82) is 0 Å². The minimum Gasteiger partial charge on any atom is -0.401 e. The Morgan fingerprint density at radius 2 is 0.929 bits per heavy atom. The largest absolute Gasteiger partial charge is 0.401 e. The van der Waals surface area contributed by atoms with E-state index in [1.807, 2.05) is 60.7 Å². The van der Waals surface area contributed by atoms with Gasteiger partial charge in [-0.1, -0.05) is 67.6 Å². The summed E-state index contributed by atoms with van der Waals surface area (Å²) in [5.41, 5.74) is 4.95. The molecule has 202 valence electrons. The van der Waals surface area contributed by atoms with Crippen LogP contribution >= 0.6 is 0 Å². The lowest BCUT2D eigenvalue weighted by Crippen LogP contribution is -2.06. The van der Waals surface area contributed by atoms with Crippen molar-refractivity contribution in [3.8, 4) is 23.2 Å². The van der Waals surface area contributed by atoms with Crippen LogP contribution in [0.2, 0.25) is 0 Å². The van der Waals surface area contributed by atoms with Gasteiger partial charge in [-0.15, -0.1) is 0 Å². The van der Waals surface area contributed by atoms with Gasteiger partial charge in [0, 0.05) is 27.7 Å². The van der Waals surface area contributed by atoms with Gasteiger partial charge in [-0.3, -0.25) is 0 Å². The Kier molecular flexibility index (Phi) is 5.24. The molecule has 42 heavy (non-hydrogen) atoms. The number of benzene rings is 4. The summed E-state index contributed by atoms with van der Waals surface area (Å²) in [6.07, 6.45) is 0. The Hall–Kier alpha value is -5.76. The molecule has 0 radical (unpaired) electrons. The number of para-hydroxylation sites is 4. The van der Waals surface area contributed by atoms with Crippen molar-refractivity contribution in [1.82, 2.24) is 19.9 Å². The first-order valence-corrected chi connectivity index (χ1v) is 13.6. The molecule has 4 aromatic carbocycles. The van der Waals surface area contributed by atoms with Crippen LogP contribution in [0.25, 0.3) is 66.8 Å². The van der Waals surface area contributed by atoms with E-state index in [0.717, 1.165) is 32.9 Å². The maximum absolute atomic E-state index is 13.0. The maximum atomic E-state index is 13.0. The Labute approximate surface area is 237 Å². The SMILES string of the molecule is CC(c1c(-c2nc3ccccc3c(=O)o2)[nH]c2ccccc12)c1c(-c2nc3ccccc3c(=O)o2)[nH]c2ccccc12. The fourth-order valence-corrected chi connectivity index (χ4v) is 5.96. The van der Waals surface area contributed by atoms with Crippen LogP contribution in [-0.4, -0.2) is 19.9 Å². The molecule has 2 N–H and O–H groups in total. The number of hydrogen-bond donors (Lipinski definition) is 2. The van der Waals surface area contributed by atoms with Gasteiger partial charge in [0.1, 0.15) is 11.4 Å². The summed E-state index contributed by atoms with van der Waals surface area (Å²) in [6, 6.07) is 30.1. The minimum absolute atomic E-state index is 0.202. The number of nitrogens with one attached hydrogen (secondary N) is 2. The number of aromatic amines is 2. The third kappa shape index (κ3) is 3.62. The van der Waals surface area contributed by atoms with Gasteiger partial charge in [-0.25, -0.2) is 19.6 Å². The second kappa shape index (κ2) is 9.14. The van der Waals surface area contributed by atoms with Gasteiger partial charge in [0.05, 0.1) is 21.8 Å². The normalized spacial score (nSPS) is 11.9. The summed E-state index contributed by atoms with van der Waals surface area (Å²) in [6.45, 7) is 2.08. The predicted molar refractivity (Wildman–Crippen MR) is 163 cm³/mol. The van der Waals surface area contributed by atoms with Crippen molar-refractivity contribution in [2.45, 2.75) is 12.8 Å². The lowest BCUT2D eigenvalue weighted by Gasteiger charge is -2.15. The van der Waals surface area contributed by atoms with E-state index >= 15 is 0 Å². The zero-order valence-electron chi connectivity index (χ0n) is 22.3. The van der Waals surface area contributed by atoms with Gasteiger partial charge in [0.25, 0.3) is 0 Å². The summed E-state index contributed by atoms with van der Waals surface area (Å²) < 4.78 is 11.6. The van der Waals surface area contributed by atoms with Crippen molar-refractivity contribution in [2.75, 3.05) is 0 Å². The first-order valence-electron chi connectivity index (χ1n) is 13.6. The first kappa shape index (κ1) is 24.1. The Morgan fingerprint density at radius 3 is 1.38 bits per heavy atom. The highest BCUT2D eigenvalue weighted by Crippen LogP contribution is 2.43. The number of aromatic nitrogens is 4. The van der Waals surface area contributed by atoms with Gasteiger partial charge >= 0.3 is 11.3 Å². The maximum Gasteiger partial charge on any atom is 0.347 e. The standard InChI is InChI=1S/C34H22N4O4/c1-18(27-19-10-2-6-14-23(19)35-29(27)31-37-25-16-8-4-12-21(25)33(39)41-31)28-20-11-3-7-15-24(20)36-30(28)32-38-26-17-9-5-13-22(26)34(40)42-32/h2-18,35-36H,1H3. The van der Waals surface area contributed by atoms with E-state index in [1.165, 1.54) is 0 Å². The van der Waals surface area contributed by atoms with E-state index in [4.69, 9.17) is 18.8 Å². The van der Waals surface area contributed by atoms with Crippen LogP contribution in [0, 0.1) is 0 Å². The fraction of sp³-hybridized carbons (Fsp3) is 0.0588. The fourth-order valence-electron chi connectivity index (χ4n) is 5.96. The summed E-state index contributed by atoms with van der Waals surface area (Å²) in [4.78, 5) is 42.3. The molecule has 0 saturated carbocycles. The molecule has 4 heterocycles. The molecule has 0 aliphatic rings. The number of H-pyrrole nitrogens is 2. The lowest BCUT2D eigenvalue weighted by molar-refractivity contribution is 0.515. The van der Waals surface area contributed by atoms with E-state index < -0.39 is 11.3 Å². The van der Waals surface area contributed by atoms with Crippen LogP contribution in [0.1, 0.15) is 24.0 Å². The minimum atomic E-state index is -0.456. The van der Waals surface area contributed by atoms with Crippen molar-refractivity contribution in [3.63, 3.8) is 0 Å². The molecule has 0 spiro atoms. The van der Waals surface area contributed by atoms with E-state index in [9.17, 15) is 9.59 Å². The number of hydrogen-bond acceptors (Lipinski definition) is 6. The summed E-state index contributed by atoms with van der Waals surface area (Å²) in [5.74, 6) is 0.126. The summed E-state index contributed by atoms with van der Waals surface area (Å²) in [5, 5.41) is 2.76. The first-order chi connectivity index (χ1) is 20.6. The molecule has 4 aromatic heterocycles. The van der Waals surface area contributed by atoms with E-state index in [-0.39, 0.29) is 17.7 Å². The second-order valence-corrected chi connectivity index (χ2v) is 10.3. The number of fused-ring (bicyclic) bond motifs is 4. The Morgan fingerprint density at radius 1 is 0.548 bits per heavy atom. The highest BCUT2D eigenvalue weighted by molar-refractivity contribution is 5.95. The molecule has 0 bridgehead atoms. The molecular weight excluding hydrogens is 528 g/mol. The van der Waals surface area contributed by atoms with Crippen molar-refractivity contribution in [3.05, 3.63) is 129 Å². The zero-order valence-corrected chi connectivity index (χ0v) is 22.3.